The molecule has 3 heterocycles. The lowest BCUT2D eigenvalue weighted by atomic mass is 9.94. The second-order valence-electron chi connectivity index (χ2n) is 5.68. The lowest BCUT2D eigenvalue weighted by molar-refractivity contribution is -0.195. The Morgan fingerprint density at radius 3 is 2.84 bits per heavy atom. The van der Waals surface area contributed by atoms with E-state index in [0.29, 0.717) is 6.54 Å². The Kier molecular flexibility index (Phi) is 3.75. The Labute approximate surface area is 112 Å². The van der Waals surface area contributed by atoms with Gasteiger partial charge in [-0.3, -0.25) is 9.69 Å². The van der Waals surface area contributed by atoms with Crippen LogP contribution in [0.1, 0.15) is 25.7 Å². The maximum absolute atomic E-state index is 11.3. The maximum Gasteiger partial charge on any atom is 0.310 e. The van der Waals surface area contributed by atoms with Gasteiger partial charge in [-0.25, -0.2) is 0 Å². The smallest absolute Gasteiger partial charge is 0.310 e. The highest BCUT2D eigenvalue weighted by Gasteiger charge is 2.52. The highest BCUT2D eigenvalue weighted by Crippen LogP contribution is 2.36. The lowest BCUT2D eigenvalue weighted by Crippen LogP contribution is -2.42. The molecule has 1 unspecified atom stereocenters. The van der Waals surface area contributed by atoms with Gasteiger partial charge in [-0.15, -0.1) is 0 Å². The van der Waals surface area contributed by atoms with Crippen molar-refractivity contribution in [2.24, 2.45) is 5.92 Å². The molecule has 6 heteroatoms. The molecular formula is C13H21NO5. The fourth-order valence-corrected chi connectivity index (χ4v) is 3.57. The SMILES string of the molecule is O=C(O)[C@@H]1[C@@H]2[C@@H](OC3CCCCO3)CCN2C[C@@H]1O. The van der Waals surface area contributed by atoms with Gasteiger partial charge in [-0.1, -0.05) is 0 Å². The van der Waals surface area contributed by atoms with Crippen LogP contribution in [0, 0.1) is 5.92 Å². The van der Waals surface area contributed by atoms with E-state index in [1.54, 1.807) is 0 Å². The highest BCUT2D eigenvalue weighted by molar-refractivity contribution is 5.72. The van der Waals surface area contributed by atoms with E-state index in [1.165, 1.54) is 0 Å². The van der Waals surface area contributed by atoms with Crippen molar-refractivity contribution in [3.05, 3.63) is 0 Å². The number of carboxylic acid groups (broad SMARTS) is 1. The Morgan fingerprint density at radius 2 is 2.16 bits per heavy atom. The minimum atomic E-state index is -0.930. The molecule has 0 bridgehead atoms. The van der Waals surface area contributed by atoms with Crippen molar-refractivity contribution in [1.82, 2.24) is 4.90 Å². The summed E-state index contributed by atoms with van der Waals surface area (Å²) in [5.41, 5.74) is 0. The van der Waals surface area contributed by atoms with Gasteiger partial charge in [-0.2, -0.15) is 0 Å². The molecule has 0 spiro atoms. The van der Waals surface area contributed by atoms with Crippen LogP contribution in [0.5, 0.6) is 0 Å². The molecule has 0 amide bonds. The molecule has 3 aliphatic heterocycles. The molecule has 108 valence electrons. The topological polar surface area (TPSA) is 79.2 Å². The van der Waals surface area contributed by atoms with E-state index in [0.717, 1.165) is 38.8 Å². The fraction of sp³-hybridized carbons (Fsp3) is 0.923. The third-order valence-electron chi connectivity index (χ3n) is 4.46. The van der Waals surface area contributed by atoms with E-state index in [2.05, 4.69) is 0 Å². The number of aliphatic carboxylic acids is 1. The number of carboxylic acids is 1. The van der Waals surface area contributed by atoms with Gasteiger partial charge in [0.1, 0.15) is 5.92 Å². The monoisotopic (exact) mass is 271 g/mol. The molecule has 0 aromatic rings. The first-order valence-corrected chi connectivity index (χ1v) is 7.09. The van der Waals surface area contributed by atoms with Crippen LogP contribution in [0.2, 0.25) is 0 Å². The molecule has 5 atom stereocenters. The Morgan fingerprint density at radius 1 is 1.32 bits per heavy atom. The van der Waals surface area contributed by atoms with Crippen LogP contribution >= 0.6 is 0 Å². The predicted octanol–water partition coefficient (Wildman–Crippen LogP) is 0.0478. The summed E-state index contributed by atoms with van der Waals surface area (Å²) in [5.74, 6) is -1.67. The van der Waals surface area contributed by atoms with Crippen LogP contribution in [0.15, 0.2) is 0 Å². The number of aliphatic hydroxyl groups excluding tert-OH is 1. The van der Waals surface area contributed by atoms with Crippen molar-refractivity contribution < 1.29 is 24.5 Å². The average molecular weight is 271 g/mol. The number of hydrogen-bond donors (Lipinski definition) is 2. The van der Waals surface area contributed by atoms with E-state index < -0.39 is 18.0 Å². The van der Waals surface area contributed by atoms with E-state index in [9.17, 15) is 15.0 Å². The molecule has 0 radical (unpaired) electrons. The Balaban J connectivity index is 1.67. The van der Waals surface area contributed by atoms with Gasteiger partial charge >= 0.3 is 5.97 Å². The Hall–Kier alpha value is -0.690. The van der Waals surface area contributed by atoms with Crippen molar-refractivity contribution in [3.63, 3.8) is 0 Å². The average Bonchev–Trinajstić information content (AvgIpc) is 2.89. The summed E-state index contributed by atoms with van der Waals surface area (Å²) in [5, 5.41) is 19.2. The number of fused-ring (bicyclic) bond motifs is 1. The van der Waals surface area contributed by atoms with Crippen molar-refractivity contribution >= 4 is 5.97 Å². The molecule has 3 saturated heterocycles. The summed E-state index contributed by atoms with van der Waals surface area (Å²) < 4.78 is 11.5. The molecule has 0 aromatic carbocycles. The van der Waals surface area contributed by atoms with Gasteiger partial charge in [0, 0.05) is 19.7 Å². The molecule has 2 N–H and O–H groups in total. The Bertz CT molecular complexity index is 344. The molecule has 3 fully saturated rings. The van der Waals surface area contributed by atoms with Crippen molar-refractivity contribution in [2.45, 2.75) is 50.2 Å². The summed E-state index contributed by atoms with van der Waals surface area (Å²) in [6, 6.07) is -0.210. The van der Waals surface area contributed by atoms with Crippen LogP contribution in [0.4, 0.5) is 0 Å². The summed E-state index contributed by atoms with van der Waals surface area (Å²) >= 11 is 0. The van der Waals surface area contributed by atoms with Crippen LogP contribution in [0.25, 0.3) is 0 Å². The number of carbonyl (C=O) groups is 1. The fourth-order valence-electron chi connectivity index (χ4n) is 3.57. The maximum atomic E-state index is 11.3. The van der Waals surface area contributed by atoms with E-state index in [4.69, 9.17) is 9.47 Å². The third-order valence-corrected chi connectivity index (χ3v) is 4.46. The second kappa shape index (κ2) is 5.36. The second-order valence-corrected chi connectivity index (χ2v) is 5.68. The zero-order valence-electron chi connectivity index (χ0n) is 10.9. The van der Waals surface area contributed by atoms with Crippen LogP contribution in [-0.2, 0) is 14.3 Å². The normalized spacial score (nSPS) is 43.3. The minimum absolute atomic E-state index is 0.138. The first-order chi connectivity index (χ1) is 9.16. The summed E-state index contributed by atoms with van der Waals surface area (Å²) in [4.78, 5) is 13.4. The quantitative estimate of drug-likeness (QED) is 0.755. The largest absolute Gasteiger partial charge is 0.481 e. The predicted molar refractivity (Wildman–Crippen MR) is 65.6 cm³/mol. The summed E-state index contributed by atoms with van der Waals surface area (Å²) in [6.45, 7) is 1.95. The van der Waals surface area contributed by atoms with Gasteiger partial charge in [0.2, 0.25) is 0 Å². The molecule has 19 heavy (non-hydrogen) atoms. The van der Waals surface area contributed by atoms with Crippen molar-refractivity contribution in [2.75, 3.05) is 19.7 Å². The third kappa shape index (κ3) is 2.50. The molecular weight excluding hydrogens is 250 g/mol. The standard InChI is InChI=1S/C13H21NO5/c15-8-7-14-5-4-9(12(14)11(8)13(16)17)19-10-3-1-2-6-18-10/h8-12,15H,1-7H2,(H,16,17)/t8-,9-,10?,11-,12-/m0/s1. The number of nitrogens with zero attached hydrogens (tertiary/aromatic N) is 1. The van der Waals surface area contributed by atoms with E-state index in [1.807, 2.05) is 4.90 Å². The van der Waals surface area contributed by atoms with Gasteiger partial charge in [0.05, 0.1) is 18.2 Å². The zero-order chi connectivity index (χ0) is 13.4. The van der Waals surface area contributed by atoms with Crippen molar-refractivity contribution in [1.29, 1.82) is 0 Å². The molecule has 3 aliphatic rings. The lowest BCUT2D eigenvalue weighted by Gasteiger charge is -2.30. The number of hydrogen-bond acceptors (Lipinski definition) is 5. The van der Waals surface area contributed by atoms with Gasteiger partial charge in [0.25, 0.3) is 0 Å². The molecule has 3 rings (SSSR count). The van der Waals surface area contributed by atoms with Gasteiger partial charge < -0.3 is 19.7 Å². The van der Waals surface area contributed by atoms with Crippen LogP contribution < -0.4 is 0 Å². The summed E-state index contributed by atoms with van der Waals surface area (Å²) in [7, 11) is 0. The molecule has 0 aromatic heterocycles. The number of ether oxygens (including phenoxy) is 2. The van der Waals surface area contributed by atoms with Gasteiger partial charge in [-0.05, 0) is 25.7 Å². The van der Waals surface area contributed by atoms with Crippen LogP contribution in [-0.4, -0.2) is 65.3 Å². The highest BCUT2D eigenvalue weighted by atomic mass is 16.7. The molecule has 0 saturated carbocycles. The zero-order valence-corrected chi connectivity index (χ0v) is 10.9. The van der Waals surface area contributed by atoms with E-state index >= 15 is 0 Å². The summed E-state index contributed by atoms with van der Waals surface area (Å²) in [6.07, 6.45) is 2.73. The van der Waals surface area contributed by atoms with E-state index in [-0.39, 0.29) is 18.4 Å². The first-order valence-electron chi connectivity index (χ1n) is 7.09. The van der Waals surface area contributed by atoms with Gasteiger partial charge in [0.15, 0.2) is 6.29 Å². The number of rotatable bonds is 3. The minimum Gasteiger partial charge on any atom is -0.481 e. The molecule has 0 aliphatic carbocycles. The number of aliphatic hydroxyl groups is 1. The van der Waals surface area contributed by atoms with Crippen molar-refractivity contribution in [3.8, 4) is 0 Å². The molecule has 6 nitrogen and oxygen atoms in total. The first kappa shape index (κ1) is 13.3. The van der Waals surface area contributed by atoms with Crippen LogP contribution in [0.3, 0.4) is 0 Å².